The first kappa shape index (κ1) is 16.4. The predicted molar refractivity (Wildman–Crippen MR) is 65.2 cm³/mol. The van der Waals surface area contributed by atoms with E-state index in [1.165, 1.54) is 7.05 Å². The summed E-state index contributed by atoms with van der Waals surface area (Å²) in [5, 5.41) is 0. The van der Waals surface area contributed by atoms with Crippen LogP contribution in [-0.4, -0.2) is 48.9 Å². The molecule has 0 bridgehead atoms. The van der Waals surface area contributed by atoms with Crippen LogP contribution in [0.5, 0.6) is 0 Å². The van der Waals surface area contributed by atoms with Gasteiger partial charge in [-0.15, -0.1) is 0 Å². The van der Waals surface area contributed by atoms with Gasteiger partial charge in [0.1, 0.15) is 6.04 Å². The van der Waals surface area contributed by atoms with E-state index in [0.717, 1.165) is 4.90 Å². The van der Waals surface area contributed by atoms with Crippen LogP contribution in [0, 0.1) is 5.92 Å². The number of likely N-dealkylation sites (N-methyl/N-ethyl adjacent to an activating group) is 1. The van der Waals surface area contributed by atoms with E-state index < -0.39 is 23.8 Å². The summed E-state index contributed by atoms with van der Waals surface area (Å²) in [4.78, 5) is 35.1. The van der Waals surface area contributed by atoms with Gasteiger partial charge < -0.3 is 21.1 Å². The molecule has 0 aliphatic carbocycles. The van der Waals surface area contributed by atoms with Crippen molar-refractivity contribution in [1.29, 1.82) is 0 Å². The second kappa shape index (κ2) is 7.65. The molecule has 18 heavy (non-hydrogen) atoms. The number of nitrogens with two attached hydrogens (primary N) is 2. The lowest BCUT2D eigenvalue weighted by Crippen LogP contribution is -2.48. The molecule has 1 atom stereocenters. The lowest BCUT2D eigenvalue weighted by Gasteiger charge is -2.24. The van der Waals surface area contributed by atoms with Gasteiger partial charge in [-0.3, -0.25) is 14.4 Å². The van der Waals surface area contributed by atoms with Gasteiger partial charge in [-0.1, -0.05) is 13.8 Å². The standard InChI is InChI=1S/C11H21N3O4/c1-7(2)6-18-10(16)4-8(11(13)17)14(3)9(15)5-12/h7-8H,4-6,12H2,1-3H3,(H2,13,17). The number of primary amides is 1. The van der Waals surface area contributed by atoms with Gasteiger partial charge in [-0.25, -0.2) is 0 Å². The Morgan fingerprint density at radius 2 is 1.83 bits per heavy atom. The average molecular weight is 259 g/mol. The maximum atomic E-state index is 11.5. The van der Waals surface area contributed by atoms with Gasteiger partial charge in [0.05, 0.1) is 19.6 Å². The maximum Gasteiger partial charge on any atom is 0.308 e. The molecule has 4 N–H and O–H groups in total. The van der Waals surface area contributed by atoms with Crippen molar-refractivity contribution in [2.24, 2.45) is 17.4 Å². The number of amides is 2. The van der Waals surface area contributed by atoms with Crippen molar-refractivity contribution < 1.29 is 19.1 Å². The fourth-order valence-electron chi connectivity index (χ4n) is 1.22. The van der Waals surface area contributed by atoms with Gasteiger partial charge >= 0.3 is 5.97 Å². The molecule has 104 valence electrons. The minimum Gasteiger partial charge on any atom is -0.465 e. The van der Waals surface area contributed by atoms with Gasteiger partial charge in [0.25, 0.3) is 0 Å². The van der Waals surface area contributed by atoms with Crippen LogP contribution in [0.2, 0.25) is 0 Å². The lowest BCUT2D eigenvalue weighted by atomic mass is 10.1. The summed E-state index contributed by atoms with van der Waals surface area (Å²) in [7, 11) is 1.38. The second-order valence-electron chi connectivity index (χ2n) is 4.41. The van der Waals surface area contributed by atoms with E-state index in [9.17, 15) is 14.4 Å². The molecule has 0 aromatic rings. The highest BCUT2D eigenvalue weighted by atomic mass is 16.5. The number of hydrogen-bond donors (Lipinski definition) is 2. The molecular formula is C11H21N3O4. The van der Waals surface area contributed by atoms with E-state index in [1.807, 2.05) is 13.8 Å². The van der Waals surface area contributed by atoms with Crippen molar-refractivity contribution in [2.45, 2.75) is 26.3 Å². The van der Waals surface area contributed by atoms with E-state index in [-0.39, 0.29) is 25.5 Å². The Bertz CT molecular complexity index is 317. The van der Waals surface area contributed by atoms with Crippen molar-refractivity contribution in [1.82, 2.24) is 4.90 Å². The molecule has 7 heteroatoms. The second-order valence-corrected chi connectivity index (χ2v) is 4.41. The normalized spacial score (nSPS) is 12.1. The highest BCUT2D eigenvalue weighted by Gasteiger charge is 2.27. The number of carbonyl (C=O) groups is 3. The number of hydrogen-bond acceptors (Lipinski definition) is 5. The first-order valence-corrected chi connectivity index (χ1v) is 5.70. The Balaban J connectivity index is 4.49. The number of rotatable bonds is 7. The molecule has 0 saturated heterocycles. The summed E-state index contributed by atoms with van der Waals surface area (Å²) in [6.45, 7) is 3.80. The van der Waals surface area contributed by atoms with Gasteiger partial charge in [0, 0.05) is 7.05 Å². The van der Waals surface area contributed by atoms with Crippen molar-refractivity contribution in [3.8, 4) is 0 Å². The molecule has 0 spiro atoms. The van der Waals surface area contributed by atoms with Crippen LogP contribution in [0.15, 0.2) is 0 Å². The smallest absolute Gasteiger partial charge is 0.308 e. The largest absolute Gasteiger partial charge is 0.465 e. The highest BCUT2D eigenvalue weighted by Crippen LogP contribution is 2.05. The SMILES string of the molecule is CC(C)COC(=O)CC(C(N)=O)N(C)C(=O)CN. The zero-order valence-corrected chi connectivity index (χ0v) is 11.0. The number of esters is 1. The van der Waals surface area contributed by atoms with Crippen molar-refractivity contribution in [3.63, 3.8) is 0 Å². The van der Waals surface area contributed by atoms with E-state index in [0.29, 0.717) is 0 Å². The molecule has 2 amide bonds. The van der Waals surface area contributed by atoms with E-state index >= 15 is 0 Å². The van der Waals surface area contributed by atoms with Gasteiger partial charge in [-0.05, 0) is 5.92 Å². The molecule has 1 unspecified atom stereocenters. The maximum absolute atomic E-state index is 11.5. The molecule has 0 rings (SSSR count). The molecule has 7 nitrogen and oxygen atoms in total. The molecule has 0 aromatic carbocycles. The highest BCUT2D eigenvalue weighted by molar-refractivity contribution is 5.90. The Kier molecular flexibility index (Phi) is 6.96. The molecule has 0 fully saturated rings. The van der Waals surface area contributed by atoms with Crippen LogP contribution >= 0.6 is 0 Å². The summed E-state index contributed by atoms with van der Waals surface area (Å²) in [5.74, 6) is -1.59. The summed E-state index contributed by atoms with van der Waals surface area (Å²) < 4.78 is 4.93. The minimum absolute atomic E-state index is 0.199. The first-order chi connectivity index (χ1) is 8.29. The quantitative estimate of drug-likeness (QED) is 0.560. The Morgan fingerprint density at radius 1 is 1.28 bits per heavy atom. The summed E-state index contributed by atoms with van der Waals surface area (Å²) in [5.41, 5.74) is 10.3. The Hall–Kier alpha value is -1.63. The Morgan fingerprint density at radius 3 is 2.22 bits per heavy atom. The monoisotopic (exact) mass is 259 g/mol. The first-order valence-electron chi connectivity index (χ1n) is 5.70. The summed E-state index contributed by atoms with van der Waals surface area (Å²) in [6, 6.07) is -1.03. The topological polar surface area (TPSA) is 116 Å². The fourth-order valence-corrected chi connectivity index (χ4v) is 1.22. The van der Waals surface area contributed by atoms with Gasteiger partial charge in [-0.2, -0.15) is 0 Å². The number of ether oxygens (including phenoxy) is 1. The third-order valence-corrected chi connectivity index (χ3v) is 2.30. The van der Waals surface area contributed by atoms with Gasteiger partial charge in [0.2, 0.25) is 11.8 Å². The molecular weight excluding hydrogens is 238 g/mol. The van der Waals surface area contributed by atoms with Crippen molar-refractivity contribution in [2.75, 3.05) is 20.2 Å². The zero-order chi connectivity index (χ0) is 14.3. The summed E-state index contributed by atoms with van der Waals surface area (Å²) in [6.07, 6.45) is -0.260. The Labute approximate surface area is 106 Å². The van der Waals surface area contributed by atoms with E-state index in [2.05, 4.69) is 0 Å². The van der Waals surface area contributed by atoms with Gasteiger partial charge in [0.15, 0.2) is 0 Å². The fraction of sp³-hybridized carbons (Fsp3) is 0.727. The third-order valence-electron chi connectivity index (χ3n) is 2.30. The van der Waals surface area contributed by atoms with Crippen LogP contribution < -0.4 is 11.5 Å². The molecule has 0 aliphatic rings. The molecule has 0 radical (unpaired) electrons. The van der Waals surface area contributed by atoms with Crippen LogP contribution in [-0.2, 0) is 19.1 Å². The molecule has 0 aliphatic heterocycles. The van der Waals surface area contributed by atoms with Crippen LogP contribution in [0.4, 0.5) is 0 Å². The number of nitrogens with zero attached hydrogens (tertiary/aromatic N) is 1. The predicted octanol–water partition coefficient (Wildman–Crippen LogP) is -1.15. The zero-order valence-electron chi connectivity index (χ0n) is 11.0. The molecule has 0 heterocycles. The molecule has 0 aromatic heterocycles. The average Bonchev–Trinajstić information content (AvgIpc) is 2.31. The number of carbonyl (C=O) groups excluding carboxylic acids is 3. The van der Waals surface area contributed by atoms with E-state index in [4.69, 9.17) is 16.2 Å². The van der Waals surface area contributed by atoms with Crippen molar-refractivity contribution >= 4 is 17.8 Å². The van der Waals surface area contributed by atoms with Crippen LogP contribution in [0.1, 0.15) is 20.3 Å². The van der Waals surface area contributed by atoms with Crippen LogP contribution in [0.25, 0.3) is 0 Å². The summed E-state index contributed by atoms with van der Waals surface area (Å²) >= 11 is 0. The van der Waals surface area contributed by atoms with Crippen LogP contribution in [0.3, 0.4) is 0 Å². The third kappa shape index (κ3) is 5.62. The van der Waals surface area contributed by atoms with Crippen molar-refractivity contribution in [3.05, 3.63) is 0 Å². The molecule has 0 saturated carbocycles. The minimum atomic E-state index is -1.03. The van der Waals surface area contributed by atoms with E-state index in [1.54, 1.807) is 0 Å². The lowest BCUT2D eigenvalue weighted by molar-refractivity contribution is -0.149.